The smallest absolute Gasteiger partial charge is 0.377 e. The summed E-state index contributed by atoms with van der Waals surface area (Å²) in [5, 5.41) is 32.8. The summed E-state index contributed by atoms with van der Waals surface area (Å²) < 4.78 is 75.9. The molecule has 4 aliphatic rings. The summed E-state index contributed by atoms with van der Waals surface area (Å²) in [5.74, 6) is -5.59. The molecule has 17 nitrogen and oxygen atoms in total. The Kier molecular flexibility index (Phi) is 20.0. The van der Waals surface area contributed by atoms with Crippen LogP contribution in [0.3, 0.4) is 0 Å². The number of aliphatic hydroxyl groups excluding tert-OH is 2. The Bertz CT molecular complexity index is 3020. The molecular formula is C57H60F4N6O11. The van der Waals surface area contributed by atoms with Gasteiger partial charge in [0.2, 0.25) is 5.78 Å². The lowest BCUT2D eigenvalue weighted by atomic mass is 9.99. The minimum absolute atomic E-state index is 0. The number of carbonyl (C=O) groups is 4. The Hall–Kier alpha value is -7.82. The minimum Gasteiger partial charge on any atom is -0.486 e. The van der Waals surface area contributed by atoms with Gasteiger partial charge in [-0.2, -0.15) is 0 Å². The summed E-state index contributed by atoms with van der Waals surface area (Å²) >= 11 is 0. The number of hydrogen-bond donors (Lipinski definition) is 5. The molecule has 6 aromatic rings. The van der Waals surface area contributed by atoms with Gasteiger partial charge in [-0.3, -0.25) is 24.4 Å². The maximum Gasteiger partial charge on any atom is 0.377 e. The highest BCUT2D eigenvalue weighted by atomic mass is 19.1. The number of carboxylic acids is 1. The van der Waals surface area contributed by atoms with Crippen molar-refractivity contribution in [3.05, 3.63) is 155 Å². The van der Waals surface area contributed by atoms with Crippen LogP contribution in [-0.2, 0) is 9.59 Å². The van der Waals surface area contributed by atoms with E-state index in [9.17, 15) is 47.0 Å². The number of pyridine rings is 2. The van der Waals surface area contributed by atoms with E-state index in [1.165, 1.54) is 73.5 Å². The van der Waals surface area contributed by atoms with E-state index in [-0.39, 0.29) is 61.1 Å². The molecule has 6 heterocycles. The summed E-state index contributed by atoms with van der Waals surface area (Å²) in [5.41, 5.74) is 9.35. The highest BCUT2D eigenvalue weighted by Gasteiger charge is 2.32. The van der Waals surface area contributed by atoms with Crippen molar-refractivity contribution in [1.29, 1.82) is 0 Å². The number of nitrogens with two attached hydrogens (primary N) is 1. The van der Waals surface area contributed by atoms with E-state index in [1.54, 1.807) is 30.3 Å². The van der Waals surface area contributed by atoms with Gasteiger partial charge in [-0.15, -0.1) is 0 Å². The summed E-state index contributed by atoms with van der Waals surface area (Å²) in [4.78, 5) is 59.8. The molecule has 21 heteroatoms. The van der Waals surface area contributed by atoms with Gasteiger partial charge in [-0.25, -0.2) is 22.4 Å². The Balaban J connectivity index is 0.000000186. The topological polar surface area (TPSA) is 236 Å². The number of nitrogens with one attached hydrogen (secondary N) is 1. The lowest BCUT2D eigenvalue weighted by Crippen LogP contribution is -2.48. The number of aliphatic hydroxyl groups is 2. The van der Waals surface area contributed by atoms with Gasteiger partial charge in [-0.1, -0.05) is 56.0 Å². The zero-order valence-electron chi connectivity index (χ0n) is 41.6. The number of Topliss-reactive ketones (excluding diaryl/α,β-unsaturated/α-hetero) is 2. The van der Waals surface area contributed by atoms with E-state index in [0.29, 0.717) is 53.6 Å². The largest absolute Gasteiger partial charge is 0.486 e. The SMILES string of the molecule is C.N[C@H](CN1CCCC1)[C@H](O)c1cc(F)c2c(c1)OCCO2.O=C(N[C@H](CN1CCCC1)[C@H](O)c1cc(F)c2c(c1)OCCO2)C(=O)c1ccc(-c2ccc(F)cn2)cc1.O=C(O)C(=O)c1ccc(-c2ccc(F)cn2)cc1. The van der Waals surface area contributed by atoms with Gasteiger partial charge in [0, 0.05) is 41.4 Å². The molecule has 10 rings (SSSR count). The highest BCUT2D eigenvalue weighted by molar-refractivity contribution is 6.43. The molecule has 4 aromatic carbocycles. The van der Waals surface area contributed by atoms with Crippen LogP contribution in [0.2, 0.25) is 0 Å². The molecular weight excluding hydrogens is 1020 g/mol. The zero-order valence-corrected chi connectivity index (χ0v) is 41.6. The first kappa shape index (κ1) is 57.9. The van der Waals surface area contributed by atoms with Gasteiger partial charge in [0.15, 0.2) is 34.6 Å². The Morgan fingerprint density at radius 1 is 0.577 bits per heavy atom. The van der Waals surface area contributed by atoms with E-state index < -0.39 is 71.0 Å². The number of ketones is 2. The first-order chi connectivity index (χ1) is 37.1. The summed E-state index contributed by atoms with van der Waals surface area (Å²) in [7, 11) is 0. The number of carboxylic acid groups (broad SMARTS) is 1. The van der Waals surface area contributed by atoms with Crippen molar-refractivity contribution in [2.24, 2.45) is 5.73 Å². The van der Waals surface area contributed by atoms with Crippen LogP contribution in [0.4, 0.5) is 17.6 Å². The molecule has 4 atom stereocenters. The molecule has 2 saturated heterocycles. The summed E-state index contributed by atoms with van der Waals surface area (Å²) in [6, 6.07) is 22.0. The Morgan fingerprint density at radius 3 is 1.44 bits per heavy atom. The number of likely N-dealkylation sites (tertiary alicyclic amines) is 2. The Labute approximate surface area is 447 Å². The first-order valence-electron chi connectivity index (χ1n) is 24.9. The number of fused-ring (bicyclic) bond motifs is 2. The van der Waals surface area contributed by atoms with E-state index in [0.717, 1.165) is 57.5 Å². The van der Waals surface area contributed by atoms with Crippen molar-refractivity contribution < 1.29 is 71.0 Å². The van der Waals surface area contributed by atoms with Crippen LogP contribution < -0.4 is 30.0 Å². The predicted octanol–water partition coefficient (Wildman–Crippen LogP) is 7.14. The van der Waals surface area contributed by atoms with E-state index in [1.807, 2.05) is 0 Å². The third kappa shape index (κ3) is 14.8. The molecule has 0 unspecified atom stereocenters. The van der Waals surface area contributed by atoms with Crippen LogP contribution in [-0.4, -0.2) is 136 Å². The number of nitrogens with zero attached hydrogens (tertiary/aromatic N) is 4. The Morgan fingerprint density at radius 2 is 1.00 bits per heavy atom. The van der Waals surface area contributed by atoms with Gasteiger partial charge in [0.25, 0.3) is 11.7 Å². The van der Waals surface area contributed by atoms with Gasteiger partial charge < -0.3 is 55.1 Å². The molecule has 6 N–H and O–H groups in total. The van der Waals surface area contributed by atoms with Crippen molar-refractivity contribution in [1.82, 2.24) is 25.1 Å². The minimum atomic E-state index is -1.50. The maximum absolute atomic E-state index is 14.7. The number of rotatable bonds is 15. The predicted molar refractivity (Wildman–Crippen MR) is 278 cm³/mol. The second-order valence-electron chi connectivity index (χ2n) is 18.5. The summed E-state index contributed by atoms with van der Waals surface area (Å²) in [6.45, 7) is 5.69. The molecule has 4 aliphatic heterocycles. The van der Waals surface area contributed by atoms with Crippen LogP contribution in [0.5, 0.6) is 23.0 Å². The van der Waals surface area contributed by atoms with Gasteiger partial charge in [-0.05, 0) is 112 Å². The van der Waals surface area contributed by atoms with E-state index in [4.69, 9.17) is 29.8 Å². The number of aliphatic carboxylic acids is 1. The molecule has 0 spiro atoms. The molecule has 0 aliphatic carbocycles. The number of halogens is 4. The van der Waals surface area contributed by atoms with Crippen molar-refractivity contribution >= 4 is 23.4 Å². The van der Waals surface area contributed by atoms with E-state index >= 15 is 0 Å². The average molecular weight is 1080 g/mol. The number of ether oxygens (including phenoxy) is 4. The van der Waals surface area contributed by atoms with Crippen LogP contribution in [0, 0.1) is 23.3 Å². The standard InChI is InChI=1S/C28H27F2N3O5.C15H21FN2O3.C13H8FNO3.CH4/c29-20-7-8-22(31-15-20)17-3-5-18(6-4-17)26(35)28(36)32-23(16-33-9-1-2-10-33)25(34)19-13-21(30)27-24(14-19)37-11-12-38-27;16-11-7-10(8-13-15(11)21-6-5-20-13)14(19)12(17)9-18-3-1-2-4-18;14-10-5-6-11(15-7-10)8-1-3-9(4-2-8)12(16)13(17)18;/h3-8,13-15,23,25,34H,1-2,9-12,16H2,(H,32,36);7-8,12,14,19H,1-6,9,17H2;1-7H,(H,17,18);1H4/t23-,25-;12-,14-;;/m11../s1. The van der Waals surface area contributed by atoms with Crippen molar-refractivity contribution in [3.8, 4) is 45.5 Å². The van der Waals surface area contributed by atoms with E-state index in [2.05, 4.69) is 25.1 Å². The molecule has 1 amide bonds. The highest BCUT2D eigenvalue weighted by Crippen LogP contribution is 2.38. The monoisotopic (exact) mass is 1080 g/mol. The molecule has 2 aromatic heterocycles. The molecule has 78 heavy (non-hydrogen) atoms. The van der Waals surface area contributed by atoms with Crippen LogP contribution in [0.15, 0.2) is 109 Å². The number of aromatic nitrogens is 2. The maximum atomic E-state index is 14.7. The lowest BCUT2D eigenvalue weighted by molar-refractivity contribution is -0.131. The van der Waals surface area contributed by atoms with Crippen LogP contribution in [0.25, 0.3) is 22.5 Å². The third-order valence-electron chi connectivity index (χ3n) is 13.1. The number of amides is 1. The van der Waals surface area contributed by atoms with Crippen molar-refractivity contribution in [2.45, 2.75) is 57.4 Å². The van der Waals surface area contributed by atoms with Crippen molar-refractivity contribution in [2.75, 3.05) is 65.7 Å². The lowest BCUT2D eigenvalue weighted by Gasteiger charge is -2.29. The average Bonchev–Trinajstić information content (AvgIpc) is 4.18. The second-order valence-corrected chi connectivity index (χ2v) is 18.5. The molecule has 2 fully saturated rings. The van der Waals surface area contributed by atoms with Crippen LogP contribution in [0.1, 0.15) is 77.2 Å². The summed E-state index contributed by atoms with van der Waals surface area (Å²) in [6.07, 6.45) is 4.28. The molecule has 0 radical (unpaired) electrons. The number of carbonyl (C=O) groups excluding carboxylic acids is 3. The quantitative estimate of drug-likeness (QED) is 0.0390. The van der Waals surface area contributed by atoms with Gasteiger partial charge in [0.1, 0.15) is 44.2 Å². The fourth-order valence-corrected chi connectivity index (χ4v) is 9.08. The zero-order chi connectivity index (χ0) is 54.6. The fourth-order valence-electron chi connectivity index (χ4n) is 9.08. The molecule has 412 valence electrons. The van der Waals surface area contributed by atoms with Crippen LogP contribution >= 0.6 is 0 Å². The van der Waals surface area contributed by atoms with Gasteiger partial charge >= 0.3 is 5.97 Å². The fraction of sp³-hybridized carbons (Fsp3) is 0.333. The number of benzene rings is 4. The molecule has 0 saturated carbocycles. The first-order valence-corrected chi connectivity index (χ1v) is 24.9. The molecule has 0 bridgehead atoms. The van der Waals surface area contributed by atoms with Gasteiger partial charge in [0.05, 0.1) is 35.9 Å². The second kappa shape index (κ2) is 27.0. The van der Waals surface area contributed by atoms with Crippen molar-refractivity contribution in [3.63, 3.8) is 0 Å². The normalized spacial score (nSPS) is 16.1. The number of hydrogen-bond acceptors (Lipinski definition) is 15. The third-order valence-corrected chi connectivity index (χ3v) is 13.1.